The van der Waals surface area contributed by atoms with Gasteiger partial charge >= 0.3 is 0 Å². The van der Waals surface area contributed by atoms with E-state index in [-0.39, 0.29) is 29.5 Å². The molecule has 3 aromatic heterocycles. The van der Waals surface area contributed by atoms with Gasteiger partial charge in [-0.1, -0.05) is 110 Å². The molecule has 48 heavy (non-hydrogen) atoms. The molecule has 0 bridgehead atoms. The summed E-state index contributed by atoms with van der Waals surface area (Å²) >= 11 is 0. The number of fused-ring (bicyclic) bond motifs is 4. The molecule has 7 heteroatoms. The first-order chi connectivity index (χ1) is 23.1. The second-order valence-electron chi connectivity index (χ2n) is 14.0. The Morgan fingerprint density at radius 3 is 1.48 bits per heavy atom. The van der Waals surface area contributed by atoms with E-state index in [1.807, 2.05) is 35.0 Å². The molecule has 0 spiro atoms. The van der Waals surface area contributed by atoms with E-state index < -0.39 is 0 Å². The third kappa shape index (κ3) is 5.04. The number of benzene rings is 4. The van der Waals surface area contributed by atoms with E-state index in [1.165, 1.54) is 28.3 Å². The molecule has 7 rings (SSSR count). The molecule has 6 nitrogen and oxygen atoms in total. The van der Waals surface area contributed by atoms with Crippen LogP contribution in [0.4, 0.5) is 4.39 Å². The predicted molar refractivity (Wildman–Crippen MR) is 195 cm³/mol. The number of hydrogen-bond acceptors (Lipinski definition) is 3. The second kappa shape index (κ2) is 12.2. The standard InChI is InChI=1S/C41H43FN6/c1-24(2)29-14-11-15-30(25(3)4)37(29)46-39-40(44-22-21-43-39)47(38-31(26(5)6)16-12-17-32(38)27(7)8)41(46)45-48-35-18-10-9-13-33(35)34-23-28(42)19-20-36(34)48/h9-27H,1-8H3. The fourth-order valence-electron chi connectivity index (χ4n) is 7.09. The summed E-state index contributed by atoms with van der Waals surface area (Å²) in [6.07, 6.45) is 3.53. The molecule has 244 valence electrons. The van der Waals surface area contributed by atoms with E-state index in [2.05, 4.69) is 101 Å². The fraction of sp³-hybridized carbons (Fsp3) is 0.293. The minimum Gasteiger partial charge on any atom is -0.259 e. The van der Waals surface area contributed by atoms with Gasteiger partial charge in [-0.25, -0.2) is 19.0 Å². The molecule has 0 aliphatic carbocycles. The lowest BCUT2D eigenvalue weighted by Gasteiger charge is -2.22. The largest absolute Gasteiger partial charge is 0.259 e. The van der Waals surface area contributed by atoms with Gasteiger partial charge in [0.15, 0.2) is 11.3 Å². The van der Waals surface area contributed by atoms with Gasteiger partial charge in [-0.2, -0.15) is 0 Å². The zero-order valence-corrected chi connectivity index (χ0v) is 29.0. The van der Waals surface area contributed by atoms with Crippen LogP contribution < -0.4 is 5.62 Å². The molecular formula is C41H43FN6. The van der Waals surface area contributed by atoms with Crippen molar-refractivity contribution in [3.8, 4) is 11.4 Å². The Morgan fingerprint density at radius 2 is 1.00 bits per heavy atom. The summed E-state index contributed by atoms with van der Waals surface area (Å²) in [7, 11) is 0. The maximum atomic E-state index is 14.7. The predicted octanol–water partition coefficient (Wildman–Crippen LogP) is 10.3. The van der Waals surface area contributed by atoms with Crippen LogP contribution >= 0.6 is 0 Å². The molecule has 0 amide bonds. The summed E-state index contributed by atoms with van der Waals surface area (Å²) in [4.78, 5) is 10.1. The first-order valence-corrected chi connectivity index (χ1v) is 17.0. The zero-order valence-electron chi connectivity index (χ0n) is 29.0. The van der Waals surface area contributed by atoms with Crippen molar-refractivity contribution in [3.05, 3.63) is 125 Å². The topological polar surface area (TPSA) is 52.9 Å². The fourth-order valence-corrected chi connectivity index (χ4v) is 7.09. The van der Waals surface area contributed by atoms with E-state index in [0.29, 0.717) is 5.62 Å². The number of para-hydroxylation sites is 3. The third-order valence-corrected chi connectivity index (χ3v) is 9.41. The van der Waals surface area contributed by atoms with E-state index in [1.54, 1.807) is 18.5 Å². The molecule has 0 radical (unpaired) electrons. The highest BCUT2D eigenvalue weighted by Crippen LogP contribution is 2.36. The van der Waals surface area contributed by atoms with Gasteiger partial charge in [-0.3, -0.25) is 9.13 Å². The van der Waals surface area contributed by atoms with Gasteiger partial charge in [0.1, 0.15) is 5.82 Å². The lowest BCUT2D eigenvalue weighted by molar-refractivity contribution is 0.629. The average molecular weight is 639 g/mol. The van der Waals surface area contributed by atoms with Gasteiger partial charge in [-0.05, 0) is 70.2 Å². The first kappa shape index (κ1) is 31.6. The zero-order chi connectivity index (χ0) is 33.9. The smallest absolute Gasteiger partial charge is 0.240 e. The Balaban J connectivity index is 1.79. The highest BCUT2D eigenvalue weighted by molar-refractivity contribution is 6.08. The van der Waals surface area contributed by atoms with E-state index in [0.717, 1.165) is 44.5 Å². The molecule has 0 fully saturated rings. The first-order valence-electron chi connectivity index (χ1n) is 17.0. The highest BCUT2D eigenvalue weighted by Gasteiger charge is 2.27. The Bertz CT molecular complexity index is 2230. The van der Waals surface area contributed by atoms with E-state index in [4.69, 9.17) is 15.1 Å². The number of hydrogen-bond donors (Lipinski definition) is 0. The third-order valence-electron chi connectivity index (χ3n) is 9.41. The van der Waals surface area contributed by atoms with Gasteiger partial charge in [-0.15, -0.1) is 5.10 Å². The average Bonchev–Trinajstić information content (AvgIpc) is 3.55. The Labute approximate surface area is 281 Å². The van der Waals surface area contributed by atoms with Crippen LogP contribution in [0.1, 0.15) is 101 Å². The summed E-state index contributed by atoms with van der Waals surface area (Å²) in [5.74, 6) is 0.667. The maximum Gasteiger partial charge on any atom is 0.240 e. The molecule has 0 saturated carbocycles. The van der Waals surface area contributed by atoms with Crippen LogP contribution in [0.3, 0.4) is 0 Å². The van der Waals surface area contributed by atoms with E-state index in [9.17, 15) is 4.39 Å². The van der Waals surface area contributed by atoms with Crippen molar-refractivity contribution in [1.29, 1.82) is 0 Å². The van der Waals surface area contributed by atoms with Crippen LogP contribution in [0, 0.1) is 5.82 Å². The minimum atomic E-state index is -0.275. The lowest BCUT2D eigenvalue weighted by atomic mass is 9.92. The molecule has 0 aliphatic rings. The van der Waals surface area contributed by atoms with Crippen LogP contribution in [0.5, 0.6) is 0 Å². The van der Waals surface area contributed by atoms with Gasteiger partial charge in [0.2, 0.25) is 5.62 Å². The van der Waals surface area contributed by atoms with Crippen molar-refractivity contribution in [2.24, 2.45) is 5.10 Å². The van der Waals surface area contributed by atoms with Crippen molar-refractivity contribution in [3.63, 3.8) is 0 Å². The summed E-state index contributed by atoms with van der Waals surface area (Å²) in [5, 5.41) is 7.38. The van der Waals surface area contributed by atoms with Crippen molar-refractivity contribution in [2.45, 2.75) is 79.1 Å². The Kier molecular flexibility index (Phi) is 8.02. The monoisotopic (exact) mass is 638 g/mol. The molecule has 4 aromatic carbocycles. The van der Waals surface area contributed by atoms with E-state index >= 15 is 0 Å². The Morgan fingerprint density at radius 1 is 0.542 bits per heavy atom. The van der Waals surface area contributed by atoms with Crippen molar-refractivity contribution >= 4 is 33.1 Å². The van der Waals surface area contributed by atoms with Crippen LogP contribution in [0.2, 0.25) is 0 Å². The van der Waals surface area contributed by atoms with Crippen molar-refractivity contribution in [2.75, 3.05) is 0 Å². The second-order valence-corrected chi connectivity index (χ2v) is 14.0. The number of aromatic nitrogens is 5. The quantitative estimate of drug-likeness (QED) is 0.174. The number of rotatable bonds is 7. The lowest BCUT2D eigenvalue weighted by Crippen LogP contribution is -2.29. The summed E-state index contributed by atoms with van der Waals surface area (Å²) < 4.78 is 21.1. The molecule has 0 aliphatic heterocycles. The molecular weight excluding hydrogens is 595 g/mol. The molecule has 3 heterocycles. The SMILES string of the molecule is CC(C)c1cccc(C(C)C)c1-n1c(=Nn2c3ccccc3c3cc(F)ccc32)n(-c2c(C(C)C)cccc2C(C)C)c2nccnc21. The van der Waals surface area contributed by atoms with Gasteiger partial charge in [0.05, 0.1) is 22.4 Å². The summed E-state index contributed by atoms with van der Waals surface area (Å²) in [5.41, 5.74) is 10.8. The summed E-state index contributed by atoms with van der Waals surface area (Å²) in [6, 6.07) is 26.2. The van der Waals surface area contributed by atoms with Crippen LogP contribution in [0.25, 0.3) is 44.5 Å². The molecule has 0 atom stereocenters. The van der Waals surface area contributed by atoms with Gasteiger partial charge in [0.25, 0.3) is 0 Å². The number of nitrogens with zero attached hydrogens (tertiary/aromatic N) is 6. The molecule has 0 N–H and O–H groups in total. The van der Waals surface area contributed by atoms with Crippen LogP contribution in [-0.2, 0) is 0 Å². The maximum absolute atomic E-state index is 14.7. The van der Waals surface area contributed by atoms with Crippen LogP contribution in [-0.4, -0.2) is 23.8 Å². The Hall–Kier alpha value is -5.04. The molecule has 0 saturated heterocycles. The minimum absolute atomic E-state index is 0.236. The highest BCUT2D eigenvalue weighted by atomic mass is 19.1. The van der Waals surface area contributed by atoms with Crippen molar-refractivity contribution < 1.29 is 4.39 Å². The number of halogens is 1. The van der Waals surface area contributed by atoms with Crippen LogP contribution in [0.15, 0.2) is 96.4 Å². The number of imidazole rings is 1. The normalized spacial score (nSPS) is 12.2. The van der Waals surface area contributed by atoms with Crippen molar-refractivity contribution in [1.82, 2.24) is 23.8 Å². The molecule has 0 unspecified atom stereocenters. The van der Waals surface area contributed by atoms with Gasteiger partial charge < -0.3 is 0 Å². The molecule has 7 aromatic rings. The summed E-state index contributed by atoms with van der Waals surface area (Å²) in [6.45, 7) is 17.9. The van der Waals surface area contributed by atoms with Gasteiger partial charge in [0, 0.05) is 23.2 Å².